The zero-order valence-electron chi connectivity index (χ0n) is 12.9. The summed E-state index contributed by atoms with van der Waals surface area (Å²) in [4.78, 5) is 12.9. The minimum Gasteiger partial charge on any atom is -0.334 e. The normalized spacial score (nSPS) is 10.6. The lowest BCUT2D eigenvalue weighted by Crippen LogP contribution is -1.99. The standard InChI is InChI=1S/C16H12ClN5OS/c1-9-13(7-18)16(20-10(2)19-9)24-8-14-21-15(23-22-14)11-3-5-12(17)6-4-11/h3-6H,8H2,1-2H3. The van der Waals surface area contributed by atoms with Crippen molar-refractivity contribution in [3.05, 3.63) is 52.2 Å². The highest BCUT2D eigenvalue weighted by Gasteiger charge is 2.13. The molecule has 0 atom stereocenters. The van der Waals surface area contributed by atoms with Gasteiger partial charge in [0.2, 0.25) is 0 Å². The molecule has 0 saturated carbocycles. The zero-order chi connectivity index (χ0) is 17.1. The van der Waals surface area contributed by atoms with Crippen LogP contribution < -0.4 is 0 Å². The predicted octanol–water partition coefficient (Wildman–Crippen LogP) is 3.96. The van der Waals surface area contributed by atoms with Crippen LogP contribution in [0.4, 0.5) is 0 Å². The third-order valence-corrected chi connectivity index (χ3v) is 4.40. The molecule has 120 valence electrons. The van der Waals surface area contributed by atoms with Crippen LogP contribution in [0.1, 0.15) is 22.9 Å². The van der Waals surface area contributed by atoms with Gasteiger partial charge in [0, 0.05) is 10.6 Å². The number of rotatable bonds is 4. The molecule has 0 saturated heterocycles. The van der Waals surface area contributed by atoms with E-state index in [9.17, 15) is 5.26 Å². The molecule has 0 N–H and O–H groups in total. The molecule has 6 nitrogen and oxygen atoms in total. The fourth-order valence-corrected chi connectivity index (χ4v) is 3.11. The lowest BCUT2D eigenvalue weighted by molar-refractivity contribution is 0.425. The summed E-state index contributed by atoms with van der Waals surface area (Å²) < 4.78 is 5.27. The van der Waals surface area contributed by atoms with Gasteiger partial charge in [-0.1, -0.05) is 28.5 Å². The number of benzene rings is 1. The van der Waals surface area contributed by atoms with Gasteiger partial charge in [0.1, 0.15) is 22.5 Å². The van der Waals surface area contributed by atoms with Crippen molar-refractivity contribution < 1.29 is 4.52 Å². The van der Waals surface area contributed by atoms with Gasteiger partial charge in [-0.25, -0.2) is 9.97 Å². The van der Waals surface area contributed by atoms with E-state index in [4.69, 9.17) is 16.1 Å². The number of nitrogens with zero attached hydrogens (tertiary/aromatic N) is 5. The maximum absolute atomic E-state index is 9.26. The average Bonchev–Trinajstić information content (AvgIpc) is 3.02. The maximum atomic E-state index is 9.26. The van der Waals surface area contributed by atoms with Crippen LogP contribution in [0.15, 0.2) is 33.8 Å². The molecule has 1 aromatic carbocycles. The Bertz CT molecular complexity index is 917. The number of halogens is 1. The fraction of sp³-hybridized carbons (Fsp3) is 0.188. The second-order valence-electron chi connectivity index (χ2n) is 4.96. The molecule has 0 aliphatic carbocycles. The molecular formula is C16H12ClN5OS. The summed E-state index contributed by atoms with van der Waals surface area (Å²) in [7, 11) is 0. The van der Waals surface area contributed by atoms with Gasteiger partial charge in [-0.2, -0.15) is 10.2 Å². The molecule has 0 aliphatic heterocycles. The summed E-state index contributed by atoms with van der Waals surface area (Å²) in [5, 5.41) is 14.5. The molecule has 0 bridgehead atoms. The largest absolute Gasteiger partial charge is 0.334 e. The van der Waals surface area contributed by atoms with Crippen molar-refractivity contribution in [2.75, 3.05) is 0 Å². The molecule has 3 rings (SSSR count). The molecule has 0 amide bonds. The Labute approximate surface area is 147 Å². The summed E-state index contributed by atoms with van der Waals surface area (Å²) in [6.07, 6.45) is 0. The van der Waals surface area contributed by atoms with E-state index < -0.39 is 0 Å². The molecule has 2 heterocycles. The van der Waals surface area contributed by atoms with E-state index in [1.165, 1.54) is 11.8 Å². The number of thioether (sulfide) groups is 1. The number of aromatic nitrogens is 4. The molecule has 0 spiro atoms. The third-order valence-electron chi connectivity index (χ3n) is 3.18. The summed E-state index contributed by atoms with van der Waals surface area (Å²) in [5.74, 6) is 2.03. The minimum absolute atomic E-state index is 0.429. The van der Waals surface area contributed by atoms with Gasteiger partial charge in [0.25, 0.3) is 5.89 Å². The lowest BCUT2D eigenvalue weighted by atomic mass is 10.2. The van der Waals surface area contributed by atoms with Crippen LogP contribution in [0.5, 0.6) is 0 Å². The van der Waals surface area contributed by atoms with Crippen molar-refractivity contribution in [3.63, 3.8) is 0 Å². The first-order valence-corrected chi connectivity index (χ1v) is 8.40. The Morgan fingerprint density at radius 3 is 2.62 bits per heavy atom. The SMILES string of the molecule is Cc1nc(C)c(C#N)c(SCc2noc(-c3ccc(Cl)cc3)n2)n1. The minimum atomic E-state index is 0.429. The van der Waals surface area contributed by atoms with Crippen molar-refractivity contribution in [2.45, 2.75) is 24.6 Å². The third kappa shape index (κ3) is 3.55. The number of nitriles is 1. The zero-order valence-corrected chi connectivity index (χ0v) is 14.5. The summed E-state index contributed by atoms with van der Waals surface area (Å²) >= 11 is 7.25. The molecule has 3 aromatic rings. The highest BCUT2D eigenvalue weighted by atomic mass is 35.5. The molecule has 0 radical (unpaired) electrons. The quantitative estimate of drug-likeness (QED) is 0.515. The summed E-state index contributed by atoms with van der Waals surface area (Å²) in [6, 6.07) is 9.31. The maximum Gasteiger partial charge on any atom is 0.257 e. The van der Waals surface area contributed by atoms with Gasteiger partial charge in [-0.05, 0) is 38.1 Å². The highest BCUT2D eigenvalue weighted by molar-refractivity contribution is 7.98. The van der Waals surface area contributed by atoms with Crippen LogP contribution in [0, 0.1) is 25.2 Å². The van der Waals surface area contributed by atoms with Crippen molar-refractivity contribution in [1.29, 1.82) is 5.26 Å². The molecule has 2 aromatic heterocycles. The van der Waals surface area contributed by atoms with Crippen molar-refractivity contribution in [3.8, 4) is 17.5 Å². The van der Waals surface area contributed by atoms with Gasteiger partial charge in [-0.15, -0.1) is 0 Å². The van der Waals surface area contributed by atoms with E-state index in [0.29, 0.717) is 44.6 Å². The monoisotopic (exact) mass is 357 g/mol. The second-order valence-corrected chi connectivity index (χ2v) is 6.36. The molecule has 0 aliphatic rings. The van der Waals surface area contributed by atoms with E-state index >= 15 is 0 Å². The summed E-state index contributed by atoms with van der Waals surface area (Å²) in [5.41, 5.74) is 1.95. The van der Waals surface area contributed by atoms with Crippen molar-refractivity contribution in [1.82, 2.24) is 20.1 Å². The van der Waals surface area contributed by atoms with Crippen LogP contribution >= 0.6 is 23.4 Å². The van der Waals surface area contributed by atoms with E-state index in [1.807, 2.05) is 12.1 Å². The van der Waals surface area contributed by atoms with E-state index in [2.05, 4.69) is 26.2 Å². The first-order valence-electron chi connectivity index (χ1n) is 7.03. The molecular weight excluding hydrogens is 346 g/mol. The van der Waals surface area contributed by atoms with Gasteiger partial charge in [0.15, 0.2) is 5.82 Å². The highest BCUT2D eigenvalue weighted by Crippen LogP contribution is 2.26. The Kier molecular flexibility index (Phi) is 4.79. The van der Waals surface area contributed by atoms with Crippen molar-refractivity contribution >= 4 is 23.4 Å². The molecule has 24 heavy (non-hydrogen) atoms. The number of aryl methyl sites for hydroxylation is 2. The number of hydrogen-bond acceptors (Lipinski definition) is 7. The Balaban J connectivity index is 1.77. The van der Waals surface area contributed by atoms with Crippen LogP contribution in [0.3, 0.4) is 0 Å². The average molecular weight is 358 g/mol. The fourth-order valence-electron chi connectivity index (χ4n) is 2.07. The first kappa shape index (κ1) is 16.4. The van der Waals surface area contributed by atoms with Gasteiger partial charge in [-0.3, -0.25) is 0 Å². The molecule has 8 heteroatoms. The molecule has 0 fully saturated rings. The van der Waals surface area contributed by atoms with Crippen LogP contribution in [0.2, 0.25) is 5.02 Å². The van der Waals surface area contributed by atoms with Gasteiger partial charge >= 0.3 is 0 Å². The van der Waals surface area contributed by atoms with Crippen LogP contribution in [-0.4, -0.2) is 20.1 Å². The van der Waals surface area contributed by atoms with E-state index in [0.717, 1.165) is 5.56 Å². The summed E-state index contributed by atoms with van der Waals surface area (Å²) in [6.45, 7) is 3.59. The second kappa shape index (κ2) is 6.99. The predicted molar refractivity (Wildman–Crippen MR) is 90.5 cm³/mol. The van der Waals surface area contributed by atoms with Crippen molar-refractivity contribution in [2.24, 2.45) is 0 Å². The Morgan fingerprint density at radius 2 is 1.92 bits per heavy atom. The molecule has 0 unspecified atom stereocenters. The Morgan fingerprint density at radius 1 is 1.17 bits per heavy atom. The topological polar surface area (TPSA) is 88.5 Å². The van der Waals surface area contributed by atoms with Crippen LogP contribution in [0.25, 0.3) is 11.5 Å². The van der Waals surface area contributed by atoms with Gasteiger partial charge < -0.3 is 4.52 Å². The first-order chi connectivity index (χ1) is 11.6. The van der Waals surface area contributed by atoms with E-state index in [1.54, 1.807) is 26.0 Å². The van der Waals surface area contributed by atoms with Crippen LogP contribution in [-0.2, 0) is 5.75 Å². The smallest absolute Gasteiger partial charge is 0.257 e. The van der Waals surface area contributed by atoms with E-state index in [-0.39, 0.29) is 0 Å². The van der Waals surface area contributed by atoms with Gasteiger partial charge in [0.05, 0.1) is 11.4 Å². The number of hydrogen-bond donors (Lipinski definition) is 0. The lowest BCUT2D eigenvalue weighted by Gasteiger charge is -2.04. The Hall–Kier alpha value is -2.43.